The van der Waals surface area contributed by atoms with Gasteiger partial charge in [0.2, 0.25) is 5.91 Å². The molecule has 32 heavy (non-hydrogen) atoms. The molecule has 0 saturated carbocycles. The standard InChI is InChI=1S/C25H30N2O5/c1-4-15(2)13-22(23(28)26-16(3)24(29)30)27-25(31)32-14-21-19-11-7-5-9-17(19)18-10-6-8-12-20(18)21/h5-12,15-16,21-22H,4,13-14H2,1-3H3,(H,26,28)(H,27,31)(H,29,30)/t15?,16-,22?/m0/s1. The van der Waals surface area contributed by atoms with Gasteiger partial charge < -0.3 is 20.5 Å². The summed E-state index contributed by atoms with van der Waals surface area (Å²) < 4.78 is 5.54. The van der Waals surface area contributed by atoms with Gasteiger partial charge in [0.25, 0.3) is 0 Å². The first-order valence-corrected chi connectivity index (χ1v) is 11.0. The van der Waals surface area contributed by atoms with Crippen LogP contribution < -0.4 is 10.6 Å². The first-order chi connectivity index (χ1) is 15.3. The maximum Gasteiger partial charge on any atom is 0.407 e. The predicted octanol–water partition coefficient (Wildman–Crippen LogP) is 3.92. The molecule has 170 valence electrons. The number of carboxylic acids is 1. The molecule has 0 radical (unpaired) electrons. The minimum atomic E-state index is -1.14. The van der Waals surface area contributed by atoms with E-state index in [9.17, 15) is 14.4 Å². The molecule has 0 bridgehead atoms. The van der Waals surface area contributed by atoms with Crippen LogP contribution in [0.1, 0.15) is 50.7 Å². The van der Waals surface area contributed by atoms with Crippen LogP contribution in [0.3, 0.4) is 0 Å². The summed E-state index contributed by atoms with van der Waals surface area (Å²) in [4.78, 5) is 36.3. The van der Waals surface area contributed by atoms with Crippen LogP contribution in [0.25, 0.3) is 11.1 Å². The molecule has 3 rings (SSSR count). The lowest BCUT2D eigenvalue weighted by Crippen LogP contribution is -2.51. The summed E-state index contributed by atoms with van der Waals surface area (Å²) >= 11 is 0. The van der Waals surface area contributed by atoms with E-state index in [1.807, 2.05) is 50.2 Å². The molecule has 0 aliphatic heterocycles. The van der Waals surface area contributed by atoms with Crippen molar-refractivity contribution in [2.75, 3.05) is 6.61 Å². The lowest BCUT2D eigenvalue weighted by Gasteiger charge is -2.23. The highest BCUT2D eigenvalue weighted by atomic mass is 16.5. The average molecular weight is 439 g/mol. The van der Waals surface area contributed by atoms with Crippen molar-refractivity contribution in [3.8, 4) is 11.1 Å². The van der Waals surface area contributed by atoms with Crippen LogP contribution in [0.5, 0.6) is 0 Å². The van der Waals surface area contributed by atoms with Gasteiger partial charge in [-0.05, 0) is 41.5 Å². The zero-order valence-corrected chi connectivity index (χ0v) is 18.6. The molecule has 3 N–H and O–H groups in total. The monoisotopic (exact) mass is 438 g/mol. The molecule has 1 aliphatic carbocycles. The molecule has 7 heteroatoms. The molecule has 2 unspecified atom stereocenters. The number of carbonyl (C=O) groups excluding carboxylic acids is 2. The summed E-state index contributed by atoms with van der Waals surface area (Å²) in [5, 5.41) is 14.1. The van der Waals surface area contributed by atoms with Gasteiger partial charge in [0.1, 0.15) is 18.7 Å². The van der Waals surface area contributed by atoms with Crippen LogP contribution in [-0.4, -0.2) is 41.8 Å². The minimum Gasteiger partial charge on any atom is -0.480 e. The quantitative estimate of drug-likeness (QED) is 0.550. The first-order valence-electron chi connectivity index (χ1n) is 11.0. The highest BCUT2D eigenvalue weighted by Gasteiger charge is 2.30. The van der Waals surface area contributed by atoms with Gasteiger partial charge in [-0.2, -0.15) is 0 Å². The van der Waals surface area contributed by atoms with Gasteiger partial charge in [0.05, 0.1) is 0 Å². The first kappa shape index (κ1) is 23.3. The molecule has 0 fully saturated rings. The molecule has 2 amide bonds. The van der Waals surface area contributed by atoms with E-state index in [1.54, 1.807) is 0 Å². The van der Waals surface area contributed by atoms with Crippen LogP contribution in [-0.2, 0) is 14.3 Å². The largest absolute Gasteiger partial charge is 0.480 e. The number of nitrogens with one attached hydrogen (secondary N) is 2. The van der Waals surface area contributed by atoms with Crippen molar-refractivity contribution >= 4 is 18.0 Å². The average Bonchev–Trinajstić information content (AvgIpc) is 3.10. The SMILES string of the molecule is CCC(C)CC(NC(=O)OCC1c2ccccc2-c2ccccc21)C(=O)N[C@@H](C)C(=O)O. The highest BCUT2D eigenvalue weighted by Crippen LogP contribution is 2.44. The molecule has 0 heterocycles. The van der Waals surface area contributed by atoms with Gasteiger partial charge in [-0.15, -0.1) is 0 Å². The number of amides is 2. The van der Waals surface area contributed by atoms with Crippen molar-refractivity contribution in [1.29, 1.82) is 0 Å². The Balaban J connectivity index is 1.67. The number of alkyl carbamates (subject to hydrolysis) is 1. The fourth-order valence-corrected chi connectivity index (χ4v) is 3.96. The van der Waals surface area contributed by atoms with Crippen molar-refractivity contribution in [1.82, 2.24) is 10.6 Å². The second-order valence-corrected chi connectivity index (χ2v) is 8.34. The maximum absolute atomic E-state index is 12.6. The number of carboxylic acid groups (broad SMARTS) is 1. The summed E-state index contributed by atoms with van der Waals surface area (Å²) in [6.45, 7) is 5.49. The van der Waals surface area contributed by atoms with Gasteiger partial charge in [-0.25, -0.2) is 4.79 Å². The van der Waals surface area contributed by atoms with Crippen LogP contribution in [0.15, 0.2) is 48.5 Å². The van der Waals surface area contributed by atoms with Gasteiger partial charge >= 0.3 is 12.1 Å². The summed E-state index contributed by atoms with van der Waals surface area (Å²) in [5.41, 5.74) is 4.47. The number of hydrogen-bond acceptors (Lipinski definition) is 4. The molecule has 1 aliphatic rings. The third-order valence-corrected chi connectivity index (χ3v) is 6.02. The van der Waals surface area contributed by atoms with E-state index < -0.39 is 30.1 Å². The van der Waals surface area contributed by atoms with Crippen molar-refractivity contribution in [2.45, 2.75) is 51.6 Å². The molecule has 7 nitrogen and oxygen atoms in total. The highest BCUT2D eigenvalue weighted by molar-refractivity contribution is 5.89. The van der Waals surface area contributed by atoms with Gasteiger partial charge in [0, 0.05) is 5.92 Å². The summed E-state index contributed by atoms with van der Waals surface area (Å²) in [5.74, 6) is -1.59. The molecule has 3 atom stereocenters. The molecular weight excluding hydrogens is 408 g/mol. The second-order valence-electron chi connectivity index (χ2n) is 8.34. The van der Waals surface area contributed by atoms with Crippen LogP contribution in [0.4, 0.5) is 4.79 Å². The topological polar surface area (TPSA) is 105 Å². The lowest BCUT2D eigenvalue weighted by atomic mass is 9.98. The number of carbonyl (C=O) groups is 3. The molecule has 0 saturated heterocycles. The van der Waals surface area contributed by atoms with Crippen molar-refractivity contribution in [3.63, 3.8) is 0 Å². The van der Waals surface area contributed by atoms with E-state index in [0.29, 0.717) is 6.42 Å². The Bertz CT molecular complexity index is 944. The van der Waals surface area contributed by atoms with Crippen molar-refractivity contribution < 1.29 is 24.2 Å². The maximum atomic E-state index is 12.6. The minimum absolute atomic E-state index is 0.0815. The van der Waals surface area contributed by atoms with E-state index in [2.05, 4.69) is 22.8 Å². The lowest BCUT2D eigenvalue weighted by molar-refractivity contribution is -0.141. The Labute approximate surface area is 188 Å². The number of fused-ring (bicyclic) bond motifs is 3. The van der Waals surface area contributed by atoms with E-state index in [4.69, 9.17) is 9.84 Å². The van der Waals surface area contributed by atoms with Crippen LogP contribution in [0.2, 0.25) is 0 Å². The Kier molecular flexibility index (Phi) is 7.51. The zero-order valence-electron chi connectivity index (χ0n) is 18.6. The van der Waals surface area contributed by atoms with Crippen LogP contribution in [0, 0.1) is 5.92 Å². The van der Waals surface area contributed by atoms with E-state index in [1.165, 1.54) is 6.92 Å². The Hall–Kier alpha value is -3.35. The molecule has 0 aromatic heterocycles. The Morgan fingerprint density at radius 2 is 1.53 bits per heavy atom. The number of aliphatic carboxylic acids is 1. The third kappa shape index (κ3) is 5.28. The summed E-state index contributed by atoms with van der Waals surface area (Å²) in [7, 11) is 0. The van der Waals surface area contributed by atoms with Crippen molar-refractivity contribution in [3.05, 3.63) is 59.7 Å². The van der Waals surface area contributed by atoms with E-state index >= 15 is 0 Å². The normalized spacial score (nSPS) is 15.1. The van der Waals surface area contributed by atoms with E-state index in [-0.39, 0.29) is 18.4 Å². The smallest absolute Gasteiger partial charge is 0.407 e. The van der Waals surface area contributed by atoms with Crippen molar-refractivity contribution in [2.24, 2.45) is 5.92 Å². The fourth-order valence-electron chi connectivity index (χ4n) is 3.96. The van der Waals surface area contributed by atoms with Gasteiger partial charge in [0.15, 0.2) is 0 Å². The number of benzene rings is 2. The molecule has 2 aromatic carbocycles. The number of ether oxygens (including phenoxy) is 1. The van der Waals surface area contributed by atoms with Gasteiger partial charge in [-0.1, -0.05) is 68.8 Å². The molecule has 0 spiro atoms. The predicted molar refractivity (Wildman–Crippen MR) is 121 cm³/mol. The summed E-state index contributed by atoms with van der Waals surface area (Å²) in [6.07, 6.45) is 0.516. The Morgan fingerprint density at radius 1 is 0.969 bits per heavy atom. The summed E-state index contributed by atoms with van der Waals surface area (Å²) in [6, 6.07) is 14.2. The van der Waals surface area contributed by atoms with Gasteiger partial charge in [-0.3, -0.25) is 9.59 Å². The third-order valence-electron chi connectivity index (χ3n) is 6.02. The second kappa shape index (κ2) is 10.3. The fraction of sp³-hybridized carbons (Fsp3) is 0.400. The zero-order chi connectivity index (χ0) is 23.3. The van der Waals surface area contributed by atoms with Crippen LogP contribution >= 0.6 is 0 Å². The Morgan fingerprint density at radius 3 is 2.06 bits per heavy atom. The molecular formula is C25H30N2O5. The molecule has 2 aromatic rings. The van der Waals surface area contributed by atoms with E-state index in [0.717, 1.165) is 28.7 Å². The number of hydrogen-bond donors (Lipinski definition) is 3. The number of rotatable bonds is 9.